The van der Waals surface area contributed by atoms with Crippen LogP contribution in [-0.4, -0.2) is 37.9 Å². The highest BCUT2D eigenvalue weighted by Gasteiger charge is 2.24. The highest BCUT2D eigenvalue weighted by molar-refractivity contribution is 5.75. The lowest BCUT2D eigenvalue weighted by atomic mass is 9.95. The van der Waals surface area contributed by atoms with Crippen molar-refractivity contribution < 1.29 is 14.3 Å². The lowest BCUT2D eigenvalue weighted by Crippen LogP contribution is -2.47. The summed E-state index contributed by atoms with van der Waals surface area (Å²) in [6.07, 6.45) is 6.23. The predicted octanol–water partition coefficient (Wildman–Crippen LogP) is 1.88. The summed E-state index contributed by atoms with van der Waals surface area (Å²) in [7, 11) is 1.42. The van der Waals surface area contributed by atoms with Crippen molar-refractivity contribution in [2.24, 2.45) is 0 Å². The van der Waals surface area contributed by atoms with Crippen molar-refractivity contribution in [3.8, 4) is 0 Å². The first-order valence-corrected chi connectivity index (χ1v) is 6.59. The molecule has 1 saturated carbocycles. The number of carbonyl (C=O) groups is 1. The predicted molar refractivity (Wildman–Crippen MR) is 66.9 cm³/mol. The molecule has 1 atom stereocenters. The van der Waals surface area contributed by atoms with Gasteiger partial charge in [0, 0.05) is 6.04 Å². The Morgan fingerprint density at radius 1 is 1.29 bits per heavy atom. The van der Waals surface area contributed by atoms with E-state index in [1.165, 1.54) is 26.4 Å². The van der Waals surface area contributed by atoms with E-state index in [2.05, 4.69) is 5.32 Å². The maximum absolute atomic E-state index is 11.6. The Kier molecular flexibility index (Phi) is 6.52. The lowest BCUT2D eigenvalue weighted by Gasteiger charge is -2.27. The van der Waals surface area contributed by atoms with Crippen LogP contribution in [0, 0.1) is 0 Å². The second-order valence-corrected chi connectivity index (χ2v) is 4.96. The number of nitrogens with one attached hydrogen (secondary N) is 1. The molecule has 0 saturated heterocycles. The van der Waals surface area contributed by atoms with Gasteiger partial charge < -0.3 is 9.47 Å². The third-order valence-corrected chi connectivity index (χ3v) is 3.12. The smallest absolute Gasteiger partial charge is 0.325 e. The number of esters is 1. The number of methoxy groups -OCH3 is 1. The molecule has 1 aliphatic rings. The van der Waals surface area contributed by atoms with Crippen LogP contribution in [0.5, 0.6) is 0 Å². The molecule has 4 nitrogen and oxygen atoms in total. The van der Waals surface area contributed by atoms with E-state index in [0.717, 1.165) is 12.8 Å². The van der Waals surface area contributed by atoms with Gasteiger partial charge in [0.05, 0.1) is 19.8 Å². The van der Waals surface area contributed by atoms with Crippen molar-refractivity contribution in [3.05, 3.63) is 0 Å². The van der Waals surface area contributed by atoms with E-state index in [9.17, 15) is 4.79 Å². The SMILES string of the molecule is COC(=O)C(COC(C)C)NC1CCCCC1. The molecule has 1 unspecified atom stereocenters. The van der Waals surface area contributed by atoms with E-state index in [1.807, 2.05) is 13.8 Å². The molecule has 100 valence electrons. The summed E-state index contributed by atoms with van der Waals surface area (Å²) in [5, 5.41) is 3.36. The van der Waals surface area contributed by atoms with Gasteiger partial charge in [-0.25, -0.2) is 0 Å². The van der Waals surface area contributed by atoms with Crippen molar-refractivity contribution >= 4 is 5.97 Å². The zero-order chi connectivity index (χ0) is 12.7. The summed E-state index contributed by atoms with van der Waals surface area (Å²) in [6, 6.07) is 0.106. The maximum Gasteiger partial charge on any atom is 0.325 e. The largest absolute Gasteiger partial charge is 0.468 e. The molecule has 0 spiro atoms. The highest BCUT2D eigenvalue weighted by atomic mass is 16.5. The van der Waals surface area contributed by atoms with Gasteiger partial charge in [0.15, 0.2) is 0 Å². The normalized spacial score (nSPS) is 19.3. The van der Waals surface area contributed by atoms with Crippen LogP contribution in [-0.2, 0) is 14.3 Å². The van der Waals surface area contributed by atoms with E-state index >= 15 is 0 Å². The maximum atomic E-state index is 11.6. The molecule has 17 heavy (non-hydrogen) atoms. The third-order valence-electron chi connectivity index (χ3n) is 3.12. The zero-order valence-electron chi connectivity index (χ0n) is 11.2. The fraction of sp³-hybridized carbons (Fsp3) is 0.923. The monoisotopic (exact) mass is 243 g/mol. The molecule has 0 radical (unpaired) electrons. The van der Waals surface area contributed by atoms with Gasteiger partial charge in [0.25, 0.3) is 0 Å². The van der Waals surface area contributed by atoms with E-state index in [0.29, 0.717) is 12.6 Å². The topological polar surface area (TPSA) is 47.6 Å². The Labute approximate surface area is 104 Å². The molecule has 1 N–H and O–H groups in total. The van der Waals surface area contributed by atoms with E-state index in [4.69, 9.17) is 9.47 Å². The van der Waals surface area contributed by atoms with Crippen LogP contribution in [0.15, 0.2) is 0 Å². The Bertz CT molecular complexity index is 225. The van der Waals surface area contributed by atoms with E-state index in [1.54, 1.807) is 0 Å². The summed E-state index contributed by atoms with van der Waals surface area (Å²) in [5.41, 5.74) is 0. The number of rotatable bonds is 6. The second-order valence-electron chi connectivity index (χ2n) is 4.96. The van der Waals surface area contributed by atoms with Gasteiger partial charge in [-0.3, -0.25) is 10.1 Å². The zero-order valence-corrected chi connectivity index (χ0v) is 11.2. The summed E-state index contributed by atoms with van der Waals surface area (Å²) < 4.78 is 10.3. The fourth-order valence-corrected chi connectivity index (χ4v) is 2.17. The minimum atomic E-state index is -0.328. The molecule has 1 rings (SSSR count). The number of hydrogen-bond acceptors (Lipinski definition) is 4. The van der Waals surface area contributed by atoms with Gasteiger partial charge in [-0.15, -0.1) is 0 Å². The van der Waals surface area contributed by atoms with Gasteiger partial charge in [0.1, 0.15) is 6.04 Å². The minimum Gasteiger partial charge on any atom is -0.468 e. The Morgan fingerprint density at radius 2 is 1.94 bits per heavy atom. The van der Waals surface area contributed by atoms with Crippen molar-refractivity contribution in [1.82, 2.24) is 5.32 Å². The highest BCUT2D eigenvalue weighted by Crippen LogP contribution is 2.18. The first kappa shape index (κ1) is 14.5. The molecule has 1 aliphatic carbocycles. The summed E-state index contributed by atoms with van der Waals surface area (Å²) in [6.45, 7) is 4.32. The molecule has 1 fully saturated rings. The lowest BCUT2D eigenvalue weighted by molar-refractivity contribution is -0.145. The molecule has 0 aromatic heterocycles. The quantitative estimate of drug-likeness (QED) is 0.724. The van der Waals surface area contributed by atoms with Crippen molar-refractivity contribution in [1.29, 1.82) is 0 Å². The van der Waals surface area contributed by atoms with E-state index in [-0.39, 0.29) is 18.1 Å². The number of hydrogen-bond donors (Lipinski definition) is 1. The molecule has 4 heteroatoms. The van der Waals surface area contributed by atoms with Crippen molar-refractivity contribution in [2.45, 2.75) is 64.1 Å². The first-order chi connectivity index (χ1) is 8.13. The average molecular weight is 243 g/mol. The van der Waals surface area contributed by atoms with Gasteiger partial charge in [-0.05, 0) is 26.7 Å². The molecular formula is C13H25NO3. The van der Waals surface area contributed by atoms with Crippen LogP contribution in [0.3, 0.4) is 0 Å². The number of ether oxygens (including phenoxy) is 2. The van der Waals surface area contributed by atoms with Gasteiger partial charge in [-0.2, -0.15) is 0 Å². The van der Waals surface area contributed by atoms with Crippen molar-refractivity contribution in [3.63, 3.8) is 0 Å². The molecule has 0 heterocycles. The van der Waals surface area contributed by atoms with Crippen LogP contribution < -0.4 is 5.32 Å². The number of carbonyl (C=O) groups excluding carboxylic acids is 1. The van der Waals surface area contributed by atoms with Crippen LogP contribution >= 0.6 is 0 Å². The molecule has 0 amide bonds. The minimum absolute atomic E-state index is 0.135. The van der Waals surface area contributed by atoms with Crippen LogP contribution in [0.4, 0.5) is 0 Å². The van der Waals surface area contributed by atoms with Gasteiger partial charge in [-0.1, -0.05) is 19.3 Å². The molecule has 0 aromatic carbocycles. The Morgan fingerprint density at radius 3 is 2.47 bits per heavy atom. The van der Waals surface area contributed by atoms with Gasteiger partial charge >= 0.3 is 5.97 Å². The fourth-order valence-electron chi connectivity index (χ4n) is 2.17. The van der Waals surface area contributed by atoms with Crippen LogP contribution in [0.2, 0.25) is 0 Å². The molecule has 0 aliphatic heterocycles. The second kappa shape index (κ2) is 7.67. The Hall–Kier alpha value is -0.610. The van der Waals surface area contributed by atoms with Crippen LogP contribution in [0.25, 0.3) is 0 Å². The third kappa shape index (κ3) is 5.50. The van der Waals surface area contributed by atoms with Crippen LogP contribution in [0.1, 0.15) is 46.0 Å². The van der Waals surface area contributed by atoms with Gasteiger partial charge in [0.2, 0.25) is 0 Å². The molecule has 0 aromatic rings. The standard InChI is InChI=1S/C13H25NO3/c1-10(2)17-9-12(13(15)16-3)14-11-7-5-4-6-8-11/h10-12,14H,4-9H2,1-3H3. The average Bonchev–Trinajstić information content (AvgIpc) is 2.34. The van der Waals surface area contributed by atoms with Crippen molar-refractivity contribution in [2.75, 3.05) is 13.7 Å². The molecular weight excluding hydrogens is 218 g/mol. The first-order valence-electron chi connectivity index (χ1n) is 6.59. The molecule has 0 bridgehead atoms. The summed E-state index contributed by atoms with van der Waals surface area (Å²) in [4.78, 5) is 11.6. The summed E-state index contributed by atoms with van der Waals surface area (Å²) in [5.74, 6) is -0.226. The summed E-state index contributed by atoms with van der Waals surface area (Å²) >= 11 is 0. The van der Waals surface area contributed by atoms with E-state index < -0.39 is 0 Å². The Balaban J connectivity index is 2.41.